The summed E-state index contributed by atoms with van der Waals surface area (Å²) < 4.78 is 33.6. The first-order valence-electron chi connectivity index (χ1n) is 27.4. The number of carbonyl (C=O) groups excluding carboxylic acids is 2. The standard InChI is InChI=1S/C56H96O15/c1-3-5-7-9-11-13-15-17-19-21-23-24-26-28-30-32-34-36-38-47(58)66-41-44(69-48(59)39-37-35-33-31-29-27-25-22-20-18-16-14-12-10-8-6-4-2)42-67-55-54(65)52(63)50(61)46(71-55)43-68-56-53(64)51(62)49(60)45(40-57)70-56/h6,8,12-15,18-21,44-46,49-57,60-65H,3-5,7,9-11,16-17,22-43H2,1-2H3/b8-6-,14-12-,15-13-,20-18-,21-19-. The van der Waals surface area contributed by atoms with Gasteiger partial charge in [0.25, 0.3) is 0 Å². The van der Waals surface area contributed by atoms with E-state index in [2.05, 4.69) is 74.6 Å². The summed E-state index contributed by atoms with van der Waals surface area (Å²) >= 11 is 0. The summed E-state index contributed by atoms with van der Waals surface area (Å²) in [5.41, 5.74) is 0. The van der Waals surface area contributed by atoms with E-state index in [0.29, 0.717) is 12.8 Å². The van der Waals surface area contributed by atoms with Crippen LogP contribution in [0.3, 0.4) is 0 Å². The summed E-state index contributed by atoms with van der Waals surface area (Å²) in [5.74, 6) is -0.946. The van der Waals surface area contributed by atoms with Crippen LogP contribution < -0.4 is 0 Å². The zero-order valence-electron chi connectivity index (χ0n) is 43.4. The van der Waals surface area contributed by atoms with Crippen LogP contribution in [0.4, 0.5) is 0 Å². The molecule has 15 nitrogen and oxygen atoms in total. The van der Waals surface area contributed by atoms with Gasteiger partial charge in [-0.15, -0.1) is 0 Å². The van der Waals surface area contributed by atoms with Crippen LogP contribution in [0.1, 0.15) is 187 Å². The van der Waals surface area contributed by atoms with Gasteiger partial charge < -0.3 is 64.2 Å². The number of ether oxygens (including phenoxy) is 6. The van der Waals surface area contributed by atoms with Crippen LogP contribution in [-0.4, -0.2) is 142 Å². The van der Waals surface area contributed by atoms with Crippen molar-refractivity contribution in [3.8, 4) is 0 Å². The predicted molar refractivity (Wildman–Crippen MR) is 275 cm³/mol. The summed E-state index contributed by atoms with van der Waals surface area (Å²) in [7, 11) is 0. The van der Waals surface area contributed by atoms with Gasteiger partial charge in [-0.2, -0.15) is 0 Å². The largest absolute Gasteiger partial charge is 0.462 e. The average Bonchev–Trinajstić information content (AvgIpc) is 3.36. The number of rotatable bonds is 42. The van der Waals surface area contributed by atoms with E-state index in [1.165, 1.54) is 44.9 Å². The van der Waals surface area contributed by atoms with E-state index >= 15 is 0 Å². The molecule has 0 spiro atoms. The van der Waals surface area contributed by atoms with Crippen molar-refractivity contribution < 1.29 is 73.8 Å². The smallest absolute Gasteiger partial charge is 0.306 e. The maximum absolute atomic E-state index is 13.0. The monoisotopic (exact) mass is 1010 g/mol. The first kappa shape index (κ1) is 64.3. The second-order valence-electron chi connectivity index (χ2n) is 19.0. The number of unbranched alkanes of at least 4 members (excludes halogenated alkanes) is 18. The maximum Gasteiger partial charge on any atom is 0.306 e. The Bertz CT molecular complexity index is 1470. The Labute approximate surface area is 426 Å². The van der Waals surface area contributed by atoms with Gasteiger partial charge in [0.05, 0.1) is 19.8 Å². The average molecular weight is 1010 g/mol. The number of aliphatic hydroxyl groups is 7. The lowest BCUT2D eigenvalue weighted by molar-refractivity contribution is -0.332. The van der Waals surface area contributed by atoms with Gasteiger partial charge >= 0.3 is 11.9 Å². The van der Waals surface area contributed by atoms with Crippen LogP contribution in [-0.2, 0) is 38.0 Å². The molecular formula is C56H96O15. The van der Waals surface area contributed by atoms with E-state index in [4.69, 9.17) is 28.4 Å². The zero-order chi connectivity index (χ0) is 51.7. The highest BCUT2D eigenvalue weighted by Gasteiger charge is 2.47. The van der Waals surface area contributed by atoms with Crippen LogP contribution in [0.2, 0.25) is 0 Å². The van der Waals surface area contributed by atoms with Gasteiger partial charge in [-0.05, 0) is 77.0 Å². The Morgan fingerprint density at radius 3 is 1.39 bits per heavy atom. The van der Waals surface area contributed by atoms with Crippen molar-refractivity contribution in [2.45, 2.75) is 255 Å². The summed E-state index contributed by atoms with van der Waals surface area (Å²) in [6.07, 6.45) is 32.3. The number of hydrogen-bond donors (Lipinski definition) is 7. The molecule has 0 aromatic carbocycles. The minimum Gasteiger partial charge on any atom is -0.462 e. The fraction of sp³-hybridized carbons (Fsp3) is 0.786. The SMILES string of the molecule is CC/C=C\C/C=C\C/C=C\CCCCCCCCCC(=O)OC(COC(=O)CCCCCCCCC/C=C\C/C=C\CCCCCC)COC1OC(COC2OC(CO)C(O)C(O)C2O)C(O)C(O)C1O. The van der Waals surface area contributed by atoms with Crippen molar-refractivity contribution >= 4 is 11.9 Å². The summed E-state index contributed by atoms with van der Waals surface area (Å²) in [6, 6.07) is 0. The Morgan fingerprint density at radius 1 is 0.465 bits per heavy atom. The fourth-order valence-electron chi connectivity index (χ4n) is 8.26. The molecule has 2 heterocycles. The fourth-order valence-corrected chi connectivity index (χ4v) is 8.26. The summed E-state index contributed by atoms with van der Waals surface area (Å²) in [6.45, 7) is 2.45. The van der Waals surface area contributed by atoms with E-state index in [1.807, 2.05) is 0 Å². The van der Waals surface area contributed by atoms with Gasteiger partial charge in [0.15, 0.2) is 18.7 Å². The third kappa shape index (κ3) is 30.2. The van der Waals surface area contributed by atoms with Crippen molar-refractivity contribution in [1.82, 2.24) is 0 Å². The van der Waals surface area contributed by atoms with Gasteiger partial charge in [0, 0.05) is 12.8 Å². The van der Waals surface area contributed by atoms with E-state index in [0.717, 1.165) is 103 Å². The molecule has 7 N–H and O–H groups in total. The summed E-state index contributed by atoms with van der Waals surface area (Å²) in [5, 5.41) is 72.2. The van der Waals surface area contributed by atoms with Gasteiger partial charge in [0.1, 0.15) is 55.4 Å². The lowest BCUT2D eigenvalue weighted by Gasteiger charge is -2.42. The molecule has 0 radical (unpaired) electrons. The van der Waals surface area contributed by atoms with Crippen LogP contribution >= 0.6 is 0 Å². The lowest BCUT2D eigenvalue weighted by Crippen LogP contribution is -2.61. The second kappa shape index (κ2) is 42.5. The van der Waals surface area contributed by atoms with Gasteiger partial charge in [-0.1, -0.05) is 158 Å². The topological polar surface area (TPSA) is 231 Å². The zero-order valence-corrected chi connectivity index (χ0v) is 43.4. The molecule has 2 aliphatic rings. The minimum absolute atomic E-state index is 0.150. The highest BCUT2D eigenvalue weighted by atomic mass is 16.7. The third-order valence-electron chi connectivity index (χ3n) is 12.7. The normalized spacial score (nSPS) is 25.6. The number of carbonyl (C=O) groups is 2. The van der Waals surface area contributed by atoms with Crippen LogP contribution in [0.5, 0.6) is 0 Å². The van der Waals surface area contributed by atoms with Gasteiger partial charge in [-0.3, -0.25) is 9.59 Å². The van der Waals surface area contributed by atoms with Crippen LogP contribution in [0.25, 0.3) is 0 Å². The molecule has 0 aromatic rings. The van der Waals surface area contributed by atoms with Gasteiger partial charge in [-0.25, -0.2) is 0 Å². The Balaban J connectivity index is 1.79. The number of hydrogen-bond acceptors (Lipinski definition) is 15. The lowest BCUT2D eigenvalue weighted by atomic mass is 9.98. The Morgan fingerprint density at radius 2 is 0.887 bits per heavy atom. The van der Waals surface area contributed by atoms with E-state index in [1.54, 1.807) is 0 Å². The molecule has 2 aliphatic heterocycles. The molecule has 0 saturated carbocycles. The van der Waals surface area contributed by atoms with E-state index in [9.17, 15) is 45.3 Å². The predicted octanol–water partition coefficient (Wildman–Crippen LogP) is 8.44. The van der Waals surface area contributed by atoms with Crippen molar-refractivity contribution in [2.24, 2.45) is 0 Å². The quantitative estimate of drug-likeness (QED) is 0.0173. The van der Waals surface area contributed by atoms with Crippen molar-refractivity contribution in [1.29, 1.82) is 0 Å². The number of aliphatic hydroxyl groups excluding tert-OH is 7. The molecule has 0 aliphatic carbocycles. The first-order chi connectivity index (χ1) is 34.5. The molecule has 0 aromatic heterocycles. The molecule has 0 amide bonds. The molecule has 0 bridgehead atoms. The van der Waals surface area contributed by atoms with Crippen molar-refractivity contribution in [3.05, 3.63) is 60.8 Å². The molecule has 2 fully saturated rings. The number of allylic oxidation sites excluding steroid dienone is 10. The van der Waals surface area contributed by atoms with Crippen LogP contribution in [0, 0.1) is 0 Å². The highest BCUT2D eigenvalue weighted by Crippen LogP contribution is 2.26. The second-order valence-corrected chi connectivity index (χ2v) is 19.0. The van der Waals surface area contributed by atoms with Crippen LogP contribution in [0.15, 0.2) is 60.8 Å². The minimum atomic E-state index is -1.77. The summed E-state index contributed by atoms with van der Waals surface area (Å²) in [4.78, 5) is 25.8. The highest BCUT2D eigenvalue weighted by molar-refractivity contribution is 5.70. The first-order valence-corrected chi connectivity index (χ1v) is 27.4. The molecule has 410 valence electrons. The molecule has 2 rings (SSSR count). The Hall–Kier alpha value is -2.80. The molecular weight excluding hydrogens is 913 g/mol. The van der Waals surface area contributed by atoms with E-state index in [-0.39, 0.29) is 19.4 Å². The molecule has 71 heavy (non-hydrogen) atoms. The van der Waals surface area contributed by atoms with Crippen molar-refractivity contribution in [2.75, 3.05) is 26.4 Å². The number of esters is 2. The molecule has 15 heteroatoms. The molecule has 2 saturated heterocycles. The maximum atomic E-state index is 13.0. The molecule has 11 unspecified atom stereocenters. The van der Waals surface area contributed by atoms with Gasteiger partial charge in [0.2, 0.25) is 0 Å². The third-order valence-corrected chi connectivity index (χ3v) is 12.7. The van der Waals surface area contributed by atoms with Crippen molar-refractivity contribution in [3.63, 3.8) is 0 Å². The molecule has 11 atom stereocenters. The van der Waals surface area contributed by atoms with E-state index < -0.39 is 99.3 Å². The Kier molecular flexibility index (Phi) is 38.5.